The predicted octanol–water partition coefficient (Wildman–Crippen LogP) is 0.228. The number of nitrogens with two attached hydrogens (primary N) is 1. The van der Waals surface area contributed by atoms with Gasteiger partial charge < -0.3 is 20.5 Å². The molecular weight excluding hydrogens is 318 g/mol. The molecule has 0 amide bonds. The SMILES string of the molecule is NC(=NCC1CS(=O)(=O)CCO1)NC1CCOc2ccccc21. The maximum Gasteiger partial charge on any atom is 0.189 e. The molecule has 0 radical (unpaired) electrons. The average molecular weight is 339 g/mol. The third kappa shape index (κ3) is 4.14. The van der Waals surface area contributed by atoms with Gasteiger partial charge in [0.1, 0.15) is 5.75 Å². The summed E-state index contributed by atoms with van der Waals surface area (Å²) in [7, 11) is -3.02. The summed E-state index contributed by atoms with van der Waals surface area (Å²) >= 11 is 0. The van der Waals surface area contributed by atoms with Crippen LogP contribution < -0.4 is 15.8 Å². The van der Waals surface area contributed by atoms with Crippen molar-refractivity contribution in [3.8, 4) is 5.75 Å². The van der Waals surface area contributed by atoms with Crippen LogP contribution in [0.15, 0.2) is 29.3 Å². The molecule has 1 saturated heterocycles. The molecule has 0 aliphatic carbocycles. The first kappa shape index (κ1) is 16.1. The highest BCUT2D eigenvalue weighted by molar-refractivity contribution is 7.91. The highest BCUT2D eigenvalue weighted by Gasteiger charge is 2.25. The summed E-state index contributed by atoms with van der Waals surface area (Å²) in [6.45, 7) is 1.08. The van der Waals surface area contributed by atoms with Crippen LogP contribution in [0.25, 0.3) is 0 Å². The first-order valence-electron chi connectivity index (χ1n) is 7.64. The third-order valence-corrected chi connectivity index (χ3v) is 5.60. The molecule has 1 aromatic rings. The molecule has 126 valence electrons. The monoisotopic (exact) mass is 339 g/mol. The Morgan fingerprint density at radius 3 is 3.00 bits per heavy atom. The summed E-state index contributed by atoms with van der Waals surface area (Å²) in [5, 5.41) is 3.18. The number of fused-ring (bicyclic) bond motifs is 1. The molecule has 2 unspecified atom stereocenters. The van der Waals surface area contributed by atoms with Gasteiger partial charge in [0.2, 0.25) is 0 Å². The highest BCUT2D eigenvalue weighted by atomic mass is 32.2. The van der Waals surface area contributed by atoms with Crippen LogP contribution in [-0.4, -0.2) is 51.7 Å². The molecule has 2 atom stereocenters. The van der Waals surface area contributed by atoms with E-state index in [1.165, 1.54) is 0 Å². The van der Waals surface area contributed by atoms with Gasteiger partial charge in [0, 0.05) is 12.0 Å². The summed E-state index contributed by atoms with van der Waals surface area (Å²) < 4.78 is 34.2. The summed E-state index contributed by atoms with van der Waals surface area (Å²) in [4.78, 5) is 4.23. The van der Waals surface area contributed by atoms with Crippen molar-refractivity contribution >= 4 is 15.8 Å². The number of para-hydroxylation sites is 1. The van der Waals surface area contributed by atoms with Gasteiger partial charge in [-0.25, -0.2) is 8.42 Å². The Morgan fingerprint density at radius 1 is 1.35 bits per heavy atom. The van der Waals surface area contributed by atoms with E-state index in [0.29, 0.717) is 12.6 Å². The zero-order chi connectivity index (χ0) is 16.3. The van der Waals surface area contributed by atoms with Gasteiger partial charge in [-0.3, -0.25) is 4.99 Å². The summed E-state index contributed by atoms with van der Waals surface area (Å²) in [6.07, 6.45) is 0.373. The van der Waals surface area contributed by atoms with Crippen molar-refractivity contribution in [2.45, 2.75) is 18.6 Å². The van der Waals surface area contributed by atoms with Gasteiger partial charge in [0.25, 0.3) is 0 Å². The van der Waals surface area contributed by atoms with Crippen LogP contribution in [0.1, 0.15) is 18.0 Å². The van der Waals surface area contributed by atoms with Crippen LogP contribution in [0.2, 0.25) is 0 Å². The highest BCUT2D eigenvalue weighted by Crippen LogP contribution is 2.31. The number of sulfone groups is 1. The maximum atomic E-state index is 11.6. The predicted molar refractivity (Wildman–Crippen MR) is 87.3 cm³/mol. The zero-order valence-electron chi connectivity index (χ0n) is 12.8. The van der Waals surface area contributed by atoms with Crippen molar-refractivity contribution in [1.29, 1.82) is 0 Å². The second-order valence-corrected chi connectivity index (χ2v) is 7.93. The number of nitrogens with zero attached hydrogens (tertiary/aromatic N) is 1. The molecule has 23 heavy (non-hydrogen) atoms. The van der Waals surface area contributed by atoms with Crippen LogP contribution >= 0.6 is 0 Å². The average Bonchev–Trinajstić information content (AvgIpc) is 2.52. The Kier molecular flexibility index (Phi) is 4.72. The molecule has 0 bridgehead atoms. The van der Waals surface area contributed by atoms with Gasteiger partial charge >= 0.3 is 0 Å². The van der Waals surface area contributed by atoms with Crippen LogP contribution in [0.5, 0.6) is 5.75 Å². The van der Waals surface area contributed by atoms with Crippen LogP contribution in [0.3, 0.4) is 0 Å². The number of benzene rings is 1. The number of hydrogen-bond acceptors (Lipinski definition) is 5. The lowest BCUT2D eigenvalue weighted by atomic mass is 10.0. The fraction of sp³-hybridized carbons (Fsp3) is 0.533. The molecule has 2 aliphatic heterocycles. The number of ether oxygens (including phenoxy) is 2. The molecule has 3 rings (SSSR count). The molecular formula is C15H21N3O4S. The molecule has 1 fully saturated rings. The molecule has 0 spiro atoms. The van der Waals surface area contributed by atoms with Gasteiger partial charge in [-0.2, -0.15) is 0 Å². The van der Waals surface area contributed by atoms with E-state index in [9.17, 15) is 8.42 Å². The van der Waals surface area contributed by atoms with E-state index in [1.54, 1.807) is 0 Å². The topological polar surface area (TPSA) is 103 Å². The second-order valence-electron chi connectivity index (χ2n) is 5.70. The molecule has 0 saturated carbocycles. The van der Waals surface area contributed by atoms with Crippen molar-refractivity contribution < 1.29 is 17.9 Å². The quantitative estimate of drug-likeness (QED) is 0.603. The molecule has 7 nitrogen and oxygen atoms in total. The molecule has 2 heterocycles. The fourth-order valence-corrected chi connectivity index (χ4v) is 4.06. The Bertz CT molecular complexity index is 690. The summed E-state index contributed by atoms with van der Waals surface area (Å²) in [5.41, 5.74) is 6.99. The zero-order valence-corrected chi connectivity index (χ0v) is 13.6. The van der Waals surface area contributed by atoms with Gasteiger partial charge in [-0.1, -0.05) is 18.2 Å². The van der Waals surface area contributed by atoms with Crippen molar-refractivity contribution in [1.82, 2.24) is 5.32 Å². The normalized spacial score (nSPS) is 26.9. The third-order valence-electron chi connectivity index (χ3n) is 3.93. The standard InChI is InChI=1S/C15H21N3O4S/c16-15(17-9-11-10-23(19,20)8-7-21-11)18-13-5-6-22-14-4-2-1-3-12(13)14/h1-4,11,13H,5-10H2,(H3,16,17,18). The molecule has 0 aromatic heterocycles. The fourth-order valence-electron chi connectivity index (χ4n) is 2.78. The van der Waals surface area contributed by atoms with Gasteiger partial charge in [0.15, 0.2) is 15.8 Å². The van der Waals surface area contributed by atoms with Crippen LogP contribution in [0.4, 0.5) is 0 Å². The smallest absolute Gasteiger partial charge is 0.189 e. The van der Waals surface area contributed by atoms with Gasteiger partial charge in [-0.15, -0.1) is 0 Å². The summed E-state index contributed by atoms with van der Waals surface area (Å²) in [5.74, 6) is 1.23. The van der Waals surface area contributed by atoms with E-state index in [4.69, 9.17) is 15.2 Å². The van der Waals surface area contributed by atoms with Crippen LogP contribution in [-0.2, 0) is 14.6 Å². The molecule has 3 N–H and O–H groups in total. The minimum Gasteiger partial charge on any atom is -0.493 e. The van der Waals surface area contributed by atoms with E-state index in [1.807, 2.05) is 24.3 Å². The molecule has 8 heteroatoms. The van der Waals surface area contributed by atoms with Crippen LogP contribution in [0, 0.1) is 0 Å². The van der Waals surface area contributed by atoms with E-state index in [0.717, 1.165) is 17.7 Å². The Balaban J connectivity index is 1.60. The largest absolute Gasteiger partial charge is 0.493 e. The maximum absolute atomic E-state index is 11.6. The molecule has 1 aromatic carbocycles. The second kappa shape index (κ2) is 6.76. The van der Waals surface area contributed by atoms with Crippen molar-refractivity contribution in [2.75, 3.05) is 31.3 Å². The Morgan fingerprint density at radius 2 is 2.17 bits per heavy atom. The number of rotatable bonds is 3. The van der Waals surface area contributed by atoms with E-state index in [2.05, 4.69) is 10.3 Å². The lowest BCUT2D eigenvalue weighted by molar-refractivity contribution is 0.0782. The number of hydrogen-bond donors (Lipinski definition) is 2. The lowest BCUT2D eigenvalue weighted by Crippen LogP contribution is -2.40. The number of aliphatic imine (C=N–C) groups is 1. The number of nitrogens with one attached hydrogen (secondary N) is 1. The summed E-state index contributed by atoms with van der Waals surface area (Å²) in [6, 6.07) is 7.85. The molecule has 2 aliphatic rings. The van der Waals surface area contributed by atoms with E-state index < -0.39 is 15.9 Å². The van der Waals surface area contributed by atoms with Crippen molar-refractivity contribution in [3.05, 3.63) is 29.8 Å². The van der Waals surface area contributed by atoms with Crippen molar-refractivity contribution in [3.63, 3.8) is 0 Å². The van der Waals surface area contributed by atoms with Crippen molar-refractivity contribution in [2.24, 2.45) is 10.7 Å². The van der Waals surface area contributed by atoms with E-state index in [-0.39, 0.29) is 30.7 Å². The van der Waals surface area contributed by atoms with E-state index >= 15 is 0 Å². The minimum atomic E-state index is -3.02. The Labute approximate surface area is 135 Å². The lowest BCUT2D eigenvalue weighted by Gasteiger charge is -2.27. The first-order valence-corrected chi connectivity index (χ1v) is 9.46. The Hall–Kier alpha value is -1.80. The van der Waals surface area contributed by atoms with Gasteiger partial charge in [0.05, 0.1) is 43.4 Å². The number of guanidine groups is 1. The van der Waals surface area contributed by atoms with Gasteiger partial charge in [-0.05, 0) is 6.07 Å². The minimum absolute atomic E-state index is 0.00385. The first-order chi connectivity index (χ1) is 11.0.